The van der Waals surface area contributed by atoms with E-state index in [2.05, 4.69) is 0 Å². The van der Waals surface area contributed by atoms with Gasteiger partial charge in [-0.2, -0.15) is 0 Å². The predicted molar refractivity (Wildman–Crippen MR) is 144 cm³/mol. The number of phenols is 8. The summed E-state index contributed by atoms with van der Waals surface area (Å²) in [6.07, 6.45) is -5.44. The Hall–Kier alpha value is -5.73. The van der Waals surface area contributed by atoms with Crippen molar-refractivity contribution in [3.8, 4) is 63.2 Å². The zero-order chi connectivity index (χ0) is 31.4. The topological polar surface area (TPSA) is 247 Å². The lowest BCUT2D eigenvalue weighted by molar-refractivity contribution is -0.218. The summed E-state index contributed by atoms with van der Waals surface area (Å²) in [5.41, 5.74) is -1.13. The number of ether oxygens (including phenoxy) is 3. The highest BCUT2D eigenvalue weighted by atomic mass is 16.7. The predicted octanol–water partition coefficient (Wildman–Crippen LogP) is 2.14. The molecule has 0 aromatic heterocycles. The fourth-order valence-electron chi connectivity index (χ4n) is 6.06. The lowest BCUT2D eigenvalue weighted by Crippen LogP contribution is -2.57. The molecule has 226 valence electrons. The largest absolute Gasteiger partial charge is 0.508 e. The van der Waals surface area contributed by atoms with Crippen molar-refractivity contribution in [3.63, 3.8) is 0 Å². The van der Waals surface area contributed by atoms with Crippen molar-refractivity contribution in [1.29, 1.82) is 0 Å². The van der Waals surface area contributed by atoms with Crippen LogP contribution in [0.3, 0.4) is 0 Å². The number of aromatic hydroxyl groups is 8. The van der Waals surface area contributed by atoms with Gasteiger partial charge in [0.15, 0.2) is 35.2 Å². The van der Waals surface area contributed by atoms with Gasteiger partial charge in [-0.1, -0.05) is 0 Å². The normalized spacial score (nSPS) is 24.6. The summed E-state index contributed by atoms with van der Waals surface area (Å²) < 4.78 is 18.1. The number of fused-ring (bicyclic) bond motifs is 7. The minimum atomic E-state index is -2.23. The molecule has 5 atom stereocenters. The van der Waals surface area contributed by atoms with Crippen LogP contribution in [-0.4, -0.2) is 69.1 Å². The van der Waals surface area contributed by atoms with Gasteiger partial charge >= 0.3 is 5.79 Å². The van der Waals surface area contributed by atoms with E-state index in [1.54, 1.807) is 0 Å². The second kappa shape index (κ2) is 8.89. The van der Waals surface area contributed by atoms with Gasteiger partial charge in [0.1, 0.15) is 46.2 Å². The highest BCUT2D eigenvalue weighted by molar-refractivity contribution is 6.06. The third-order valence-corrected chi connectivity index (χ3v) is 8.12. The molecule has 14 heteroatoms. The molecule has 0 saturated carbocycles. The van der Waals surface area contributed by atoms with Gasteiger partial charge in [0.2, 0.25) is 11.5 Å². The van der Waals surface area contributed by atoms with E-state index in [9.17, 15) is 55.9 Å². The molecule has 44 heavy (non-hydrogen) atoms. The Balaban J connectivity index is 1.46. The van der Waals surface area contributed by atoms with E-state index in [4.69, 9.17) is 14.2 Å². The van der Waals surface area contributed by atoms with Crippen LogP contribution in [0.1, 0.15) is 44.6 Å². The SMILES string of the molecule is O=C1c2c(cc3c(c2O)C2c4c(O)cc(O)cc4OC(c4ccc(O)c(O)c4)(O3)C2O)OC(c2ccc(O)c(O)c2O)[C@H]1O. The molecule has 0 aliphatic carbocycles. The number of aliphatic hydroxyl groups is 2. The first-order valence-electron chi connectivity index (χ1n) is 13.0. The number of rotatable bonds is 2. The smallest absolute Gasteiger partial charge is 0.305 e. The molecule has 14 nitrogen and oxygen atoms in total. The molecule has 4 unspecified atom stereocenters. The van der Waals surface area contributed by atoms with Gasteiger partial charge in [0.05, 0.1) is 5.92 Å². The Labute approximate surface area is 245 Å². The molecule has 0 radical (unpaired) electrons. The van der Waals surface area contributed by atoms with Gasteiger partial charge in [-0.15, -0.1) is 0 Å². The molecule has 7 rings (SSSR count). The zero-order valence-corrected chi connectivity index (χ0v) is 22.0. The summed E-state index contributed by atoms with van der Waals surface area (Å²) in [6, 6.07) is 8.80. The van der Waals surface area contributed by atoms with Crippen LogP contribution >= 0.6 is 0 Å². The fourth-order valence-corrected chi connectivity index (χ4v) is 6.06. The van der Waals surface area contributed by atoms with Crippen LogP contribution in [0.5, 0.6) is 63.2 Å². The van der Waals surface area contributed by atoms with Crippen LogP contribution in [0.2, 0.25) is 0 Å². The molecule has 2 bridgehead atoms. The van der Waals surface area contributed by atoms with E-state index < -0.39 is 87.4 Å². The van der Waals surface area contributed by atoms with Crippen molar-refractivity contribution < 1.29 is 70.1 Å². The number of phenolic OH excluding ortho intramolecular Hbond substituents is 8. The number of benzene rings is 4. The van der Waals surface area contributed by atoms with Crippen LogP contribution < -0.4 is 14.2 Å². The molecular formula is C30H22O14. The number of Topliss-reactive ketones (excluding diaryl/α,β-unsaturated/α-hetero) is 1. The monoisotopic (exact) mass is 606 g/mol. The first kappa shape index (κ1) is 27.1. The third-order valence-electron chi connectivity index (χ3n) is 8.12. The van der Waals surface area contributed by atoms with E-state index >= 15 is 0 Å². The summed E-state index contributed by atoms with van der Waals surface area (Å²) in [4.78, 5) is 13.5. The number of hydrogen-bond donors (Lipinski definition) is 10. The average Bonchev–Trinajstić information content (AvgIpc) is 2.96. The highest BCUT2D eigenvalue weighted by Gasteiger charge is 2.60. The number of ketones is 1. The van der Waals surface area contributed by atoms with Crippen molar-refractivity contribution in [2.45, 2.75) is 30.0 Å². The Bertz CT molecular complexity index is 1920. The molecule has 0 saturated heterocycles. The minimum absolute atomic E-state index is 0.0311. The number of carbonyl (C=O) groups is 1. The molecule has 4 aromatic rings. The Morgan fingerprint density at radius 2 is 1.32 bits per heavy atom. The first-order chi connectivity index (χ1) is 20.8. The maximum Gasteiger partial charge on any atom is 0.305 e. The standard InChI is InChI=1S/C30H22O14/c31-10-6-15(35)19-17(7-10)43-30(9-1-3-12(32)14(34)5-9)29(41)22(19)20-18(44-30)8-16-21(25(20)38)26(39)27(40)28(42-16)11-2-4-13(33)24(37)23(11)36/h1-8,22,27-29,31-38,40-41H/t22?,27-,28?,29?,30?/m0/s1. The quantitative estimate of drug-likeness (QED) is 0.147. The van der Waals surface area contributed by atoms with Crippen LogP contribution in [0, 0.1) is 0 Å². The van der Waals surface area contributed by atoms with Crippen molar-refractivity contribution in [3.05, 3.63) is 76.3 Å². The maximum atomic E-state index is 13.5. The van der Waals surface area contributed by atoms with Crippen molar-refractivity contribution in [2.24, 2.45) is 0 Å². The number of aliphatic hydroxyl groups excluding tert-OH is 2. The Morgan fingerprint density at radius 1 is 0.636 bits per heavy atom. The maximum absolute atomic E-state index is 13.5. The average molecular weight is 606 g/mol. The number of carbonyl (C=O) groups excluding carboxylic acids is 1. The van der Waals surface area contributed by atoms with Crippen molar-refractivity contribution in [2.75, 3.05) is 0 Å². The van der Waals surface area contributed by atoms with Crippen LogP contribution in [0.15, 0.2) is 48.5 Å². The van der Waals surface area contributed by atoms with Gasteiger partial charge in [-0.05, 0) is 30.3 Å². The summed E-state index contributed by atoms with van der Waals surface area (Å²) in [7, 11) is 0. The van der Waals surface area contributed by atoms with E-state index in [1.807, 2.05) is 0 Å². The molecule has 0 amide bonds. The van der Waals surface area contributed by atoms with E-state index in [-0.39, 0.29) is 39.5 Å². The van der Waals surface area contributed by atoms with E-state index in [1.165, 1.54) is 6.07 Å². The summed E-state index contributed by atoms with van der Waals surface area (Å²) >= 11 is 0. The lowest BCUT2D eigenvalue weighted by atomic mass is 9.74. The minimum Gasteiger partial charge on any atom is -0.508 e. The molecule has 3 aliphatic rings. The van der Waals surface area contributed by atoms with Gasteiger partial charge in [-0.3, -0.25) is 4.79 Å². The third kappa shape index (κ3) is 3.46. The molecule has 4 aromatic carbocycles. The summed E-state index contributed by atoms with van der Waals surface area (Å²) in [5, 5.41) is 105. The lowest BCUT2D eigenvalue weighted by Gasteiger charge is -2.50. The van der Waals surface area contributed by atoms with Crippen LogP contribution in [0.4, 0.5) is 0 Å². The van der Waals surface area contributed by atoms with E-state index in [0.29, 0.717) is 0 Å². The molecule has 10 N–H and O–H groups in total. The van der Waals surface area contributed by atoms with Crippen molar-refractivity contribution in [1.82, 2.24) is 0 Å². The molecular weight excluding hydrogens is 584 g/mol. The summed E-state index contributed by atoms with van der Waals surface area (Å²) in [5.74, 6) is -10.8. The Morgan fingerprint density at radius 3 is 2.02 bits per heavy atom. The molecule has 3 heterocycles. The molecule has 3 aliphatic heterocycles. The van der Waals surface area contributed by atoms with Gasteiger partial charge in [-0.25, -0.2) is 0 Å². The molecule has 0 spiro atoms. The summed E-state index contributed by atoms with van der Waals surface area (Å²) in [6.45, 7) is 0. The van der Waals surface area contributed by atoms with E-state index in [0.717, 1.165) is 42.5 Å². The number of hydrogen-bond acceptors (Lipinski definition) is 14. The van der Waals surface area contributed by atoms with Crippen LogP contribution in [0.25, 0.3) is 0 Å². The van der Waals surface area contributed by atoms with Gasteiger partial charge in [0, 0.05) is 40.5 Å². The Kier molecular flexibility index (Phi) is 5.48. The second-order valence-corrected chi connectivity index (χ2v) is 10.6. The van der Waals surface area contributed by atoms with Crippen LogP contribution in [-0.2, 0) is 5.79 Å². The fraction of sp³-hybridized carbons (Fsp3) is 0.167. The first-order valence-corrected chi connectivity index (χ1v) is 13.0. The highest BCUT2D eigenvalue weighted by Crippen LogP contribution is 2.62. The zero-order valence-electron chi connectivity index (χ0n) is 22.0. The van der Waals surface area contributed by atoms with Gasteiger partial charge < -0.3 is 65.3 Å². The second-order valence-electron chi connectivity index (χ2n) is 10.6. The molecule has 0 fully saturated rings. The van der Waals surface area contributed by atoms with Gasteiger partial charge in [0.25, 0.3) is 0 Å². The van der Waals surface area contributed by atoms with Crippen molar-refractivity contribution >= 4 is 5.78 Å².